The van der Waals surface area contributed by atoms with Gasteiger partial charge in [-0.15, -0.1) is 0 Å². The van der Waals surface area contributed by atoms with Crippen molar-refractivity contribution < 1.29 is 4.74 Å². The standard InChI is InChI=1S/C4H7NOS.C4H10.CH4/c1-5-2-3-6-4(5)7;1-4(2)3;/h2-3H2,1H3;4H,1-3H3;1H4. The average molecular weight is 191 g/mol. The normalized spacial score (nSPS) is 14.8. The lowest BCUT2D eigenvalue weighted by Crippen LogP contribution is -2.17. The molecule has 1 fully saturated rings. The van der Waals surface area contributed by atoms with Crippen LogP contribution in [0.3, 0.4) is 0 Å². The van der Waals surface area contributed by atoms with E-state index in [9.17, 15) is 0 Å². The van der Waals surface area contributed by atoms with Crippen molar-refractivity contribution in [3.05, 3.63) is 0 Å². The molecular weight excluding hydrogens is 170 g/mol. The average Bonchev–Trinajstić information content (AvgIpc) is 2.15. The number of nitrogens with zero attached hydrogens (tertiary/aromatic N) is 1. The summed E-state index contributed by atoms with van der Waals surface area (Å²) in [4.78, 5) is 1.91. The molecule has 1 rings (SSSR count). The summed E-state index contributed by atoms with van der Waals surface area (Å²) in [5.41, 5.74) is 0. The molecule has 2 nitrogen and oxygen atoms in total. The van der Waals surface area contributed by atoms with Crippen LogP contribution in [0.2, 0.25) is 0 Å². The first-order valence-corrected chi connectivity index (χ1v) is 4.32. The SMILES string of the molecule is C.CC(C)C.CN1CCOC1=S. The van der Waals surface area contributed by atoms with Crippen LogP contribution in [0.25, 0.3) is 0 Å². The second-order valence-corrected chi connectivity index (χ2v) is 3.62. The quantitative estimate of drug-likeness (QED) is 0.546. The maximum atomic E-state index is 4.92. The van der Waals surface area contributed by atoms with Crippen LogP contribution >= 0.6 is 12.2 Å². The topological polar surface area (TPSA) is 12.5 Å². The maximum absolute atomic E-state index is 4.92. The Morgan fingerprint density at radius 2 is 1.83 bits per heavy atom. The number of likely N-dealkylation sites (N-methyl/N-ethyl adjacent to an activating group) is 1. The Labute approximate surface area is 81.9 Å². The van der Waals surface area contributed by atoms with Crippen molar-refractivity contribution >= 4 is 17.4 Å². The molecule has 0 atom stereocenters. The molecule has 0 aliphatic carbocycles. The highest BCUT2D eigenvalue weighted by molar-refractivity contribution is 7.80. The molecule has 1 aliphatic heterocycles. The lowest BCUT2D eigenvalue weighted by molar-refractivity contribution is 0.361. The van der Waals surface area contributed by atoms with Crippen molar-refractivity contribution in [3.8, 4) is 0 Å². The summed E-state index contributed by atoms with van der Waals surface area (Å²) in [7, 11) is 1.93. The largest absolute Gasteiger partial charge is 0.469 e. The van der Waals surface area contributed by atoms with Gasteiger partial charge in [-0.3, -0.25) is 0 Å². The molecule has 1 saturated heterocycles. The minimum absolute atomic E-state index is 0. The fraction of sp³-hybridized carbons (Fsp3) is 0.889. The van der Waals surface area contributed by atoms with Gasteiger partial charge in [-0.05, 0) is 18.1 Å². The van der Waals surface area contributed by atoms with Gasteiger partial charge in [0.2, 0.25) is 0 Å². The number of hydrogen-bond acceptors (Lipinski definition) is 2. The van der Waals surface area contributed by atoms with Crippen molar-refractivity contribution in [1.82, 2.24) is 4.90 Å². The van der Waals surface area contributed by atoms with E-state index in [-0.39, 0.29) is 7.43 Å². The molecule has 3 heteroatoms. The summed E-state index contributed by atoms with van der Waals surface area (Å²) >= 11 is 4.75. The predicted molar refractivity (Wildman–Crippen MR) is 58.4 cm³/mol. The Balaban J connectivity index is 0. The smallest absolute Gasteiger partial charge is 0.259 e. The van der Waals surface area contributed by atoms with Gasteiger partial charge in [0, 0.05) is 7.05 Å². The van der Waals surface area contributed by atoms with E-state index in [4.69, 9.17) is 17.0 Å². The molecule has 0 N–H and O–H groups in total. The molecule has 0 aromatic carbocycles. The number of ether oxygens (including phenoxy) is 1. The molecule has 74 valence electrons. The van der Waals surface area contributed by atoms with Gasteiger partial charge in [0.05, 0.1) is 6.54 Å². The van der Waals surface area contributed by atoms with E-state index in [0.717, 1.165) is 19.1 Å². The monoisotopic (exact) mass is 191 g/mol. The van der Waals surface area contributed by atoms with Crippen LogP contribution in [0.4, 0.5) is 0 Å². The zero-order chi connectivity index (χ0) is 8.85. The molecule has 1 heterocycles. The Kier molecular flexibility index (Phi) is 8.71. The molecule has 0 unspecified atom stereocenters. The van der Waals surface area contributed by atoms with E-state index in [2.05, 4.69) is 20.8 Å². The van der Waals surface area contributed by atoms with Crippen molar-refractivity contribution in [3.63, 3.8) is 0 Å². The second-order valence-electron chi connectivity index (χ2n) is 3.27. The summed E-state index contributed by atoms with van der Waals surface area (Å²) in [6, 6.07) is 0. The van der Waals surface area contributed by atoms with Gasteiger partial charge in [0.25, 0.3) is 5.17 Å². The van der Waals surface area contributed by atoms with Gasteiger partial charge in [0.15, 0.2) is 0 Å². The molecule has 0 saturated carbocycles. The molecule has 0 spiro atoms. The first-order valence-electron chi connectivity index (χ1n) is 3.92. The first kappa shape index (κ1) is 14.2. The van der Waals surface area contributed by atoms with E-state index < -0.39 is 0 Å². The van der Waals surface area contributed by atoms with E-state index >= 15 is 0 Å². The molecule has 12 heavy (non-hydrogen) atoms. The van der Waals surface area contributed by atoms with E-state index in [1.807, 2.05) is 11.9 Å². The Morgan fingerprint density at radius 3 is 1.92 bits per heavy atom. The Bertz CT molecular complexity index is 123. The first-order chi connectivity index (χ1) is 5.04. The van der Waals surface area contributed by atoms with Crippen LogP contribution in [-0.4, -0.2) is 30.3 Å². The summed E-state index contributed by atoms with van der Waals surface area (Å²) < 4.78 is 4.92. The zero-order valence-electron chi connectivity index (χ0n) is 7.76. The summed E-state index contributed by atoms with van der Waals surface area (Å²) in [5, 5.41) is 0.625. The highest BCUT2D eigenvalue weighted by atomic mass is 32.1. The lowest BCUT2D eigenvalue weighted by Gasteiger charge is -2.02. The third kappa shape index (κ3) is 7.79. The predicted octanol–water partition coefficient (Wildman–Crippen LogP) is 2.53. The molecule has 0 bridgehead atoms. The number of thiocarbonyl (C=S) groups is 1. The van der Waals surface area contributed by atoms with Crippen molar-refractivity contribution in [1.29, 1.82) is 0 Å². The van der Waals surface area contributed by atoms with Crippen LogP contribution in [0.1, 0.15) is 28.2 Å². The second kappa shape index (κ2) is 7.35. The van der Waals surface area contributed by atoms with Gasteiger partial charge >= 0.3 is 0 Å². The molecular formula is C9H21NOS. The lowest BCUT2D eigenvalue weighted by atomic mass is 10.3. The van der Waals surface area contributed by atoms with Crippen LogP contribution in [0.5, 0.6) is 0 Å². The fourth-order valence-corrected chi connectivity index (χ4v) is 0.646. The fourth-order valence-electron chi connectivity index (χ4n) is 0.471. The van der Waals surface area contributed by atoms with Crippen LogP contribution in [-0.2, 0) is 4.74 Å². The third-order valence-electron chi connectivity index (χ3n) is 0.964. The zero-order valence-corrected chi connectivity index (χ0v) is 8.57. The van der Waals surface area contributed by atoms with Crippen LogP contribution < -0.4 is 0 Å². The molecule has 1 aliphatic rings. The Hall–Kier alpha value is -0.310. The highest BCUT2D eigenvalue weighted by Gasteiger charge is 2.11. The van der Waals surface area contributed by atoms with Crippen molar-refractivity contribution in [2.75, 3.05) is 20.2 Å². The van der Waals surface area contributed by atoms with Crippen LogP contribution in [0.15, 0.2) is 0 Å². The Morgan fingerprint density at radius 1 is 1.42 bits per heavy atom. The highest BCUT2D eigenvalue weighted by Crippen LogP contribution is 1.97. The van der Waals surface area contributed by atoms with E-state index in [0.29, 0.717) is 5.17 Å². The number of rotatable bonds is 0. The van der Waals surface area contributed by atoms with Gasteiger partial charge in [-0.25, -0.2) is 0 Å². The van der Waals surface area contributed by atoms with Gasteiger partial charge in [-0.2, -0.15) is 0 Å². The maximum Gasteiger partial charge on any atom is 0.259 e. The summed E-state index contributed by atoms with van der Waals surface area (Å²) in [6.07, 6.45) is 0. The van der Waals surface area contributed by atoms with Crippen molar-refractivity contribution in [2.24, 2.45) is 5.92 Å². The number of hydrogen-bond donors (Lipinski definition) is 0. The third-order valence-corrected chi connectivity index (χ3v) is 1.39. The minimum atomic E-state index is 0. The molecule has 0 aromatic heterocycles. The summed E-state index contributed by atoms with van der Waals surface area (Å²) in [6.45, 7) is 8.20. The minimum Gasteiger partial charge on any atom is -0.469 e. The molecule has 0 aromatic rings. The van der Waals surface area contributed by atoms with Crippen molar-refractivity contribution in [2.45, 2.75) is 28.2 Å². The molecule has 0 amide bonds. The molecule has 0 radical (unpaired) electrons. The summed E-state index contributed by atoms with van der Waals surface area (Å²) in [5.74, 6) is 0.833. The van der Waals surface area contributed by atoms with E-state index in [1.54, 1.807) is 0 Å². The van der Waals surface area contributed by atoms with Crippen LogP contribution in [0, 0.1) is 5.92 Å². The van der Waals surface area contributed by atoms with Gasteiger partial charge in [-0.1, -0.05) is 28.2 Å². The van der Waals surface area contributed by atoms with Gasteiger partial charge in [0.1, 0.15) is 6.61 Å². The van der Waals surface area contributed by atoms with E-state index in [1.165, 1.54) is 0 Å². The van der Waals surface area contributed by atoms with Gasteiger partial charge < -0.3 is 9.64 Å².